The Morgan fingerprint density at radius 3 is 2.89 bits per heavy atom. The molecule has 0 spiro atoms. The van der Waals surface area contributed by atoms with Crippen molar-refractivity contribution in [1.29, 1.82) is 0 Å². The number of allylic oxidation sites excluding steroid dienone is 2. The fourth-order valence-electron chi connectivity index (χ4n) is 7.34. The molecule has 28 heavy (non-hydrogen) atoms. The van der Waals surface area contributed by atoms with Gasteiger partial charge < -0.3 is 9.47 Å². The predicted octanol–water partition coefficient (Wildman–Crippen LogP) is 5.90. The summed E-state index contributed by atoms with van der Waals surface area (Å²) >= 11 is 0. The summed E-state index contributed by atoms with van der Waals surface area (Å²) in [6, 6.07) is 2.22. The summed E-state index contributed by atoms with van der Waals surface area (Å²) in [5.41, 5.74) is 3.51. The summed E-state index contributed by atoms with van der Waals surface area (Å²) in [4.78, 5) is 4.50. The quantitative estimate of drug-likeness (QED) is 0.651. The molecule has 2 heterocycles. The van der Waals surface area contributed by atoms with Crippen molar-refractivity contribution < 1.29 is 9.47 Å². The Balaban J connectivity index is 1.41. The summed E-state index contributed by atoms with van der Waals surface area (Å²) in [5, 5.41) is 0. The van der Waals surface area contributed by atoms with Crippen LogP contribution in [-0.2, 0) is 4.74 Å². The van der Waals surface area contributed by atoms with Crippen LogP contribution in [-0.4, -0.2) is 24.3 Å². The molecule has 0 bridgehead atoms. The van der Waals surface area contributed by atoms with E-state index < -0.39 is 0 Å². The predicted molar refractivity (Wildman–Crippen MR) is 112 cm³/mol. The second-order valence-electron chi connectivity index (χ2n) is 10.1. The van der Waals surface area contributed by atoms with Crippen LogP contribution in [0, 0.1) is 28.6 Å². The van der Waals surface area contributed by atoms with Gasteiger partial charge in [0.1, 0.15) is 5.75 Å². The fraction of sp³-hybridized carbons (Fsp3) is 0.720. The van der Waals surface area contributed by atoms with E-state index in [2.05, 4.69) is 37.9 Å². The van der Waals surface area contributed by atoms with Gasteiger partial charge in [-0.2, -0.15) is 0 Å². The number of hydrogen-bond donors (Lipinski definition) is 0. The molecule has 0 amide bonds. The molecule has 6 atom stereocenters. The normalized spacial score (nSPS) is 41.8. The van der Waals surface area contributed by atoms with Gasteiger partial charge in [0.2, 0.25) is 0 Å². The first kappa shape index (κ1) is 18.7. The number of hydrogen-bond acceptors (Lipinski definition) is 3. The van der Waals surface area contributed by atoms with Crippen molar-refractivity contribution in [2.45, 2.75) is 71.8 Å². The molecule has 1 saturated heterocycles. The first-order valence-corrected chi connectivity index (χ1v) is 11.5. The van der Waals surface area contributed by atoms with E-state index >= 15 is 0 Å². The standard InChI is InChI=1S/C25H35NO2/c1-4-12-27-18-14-17(15-26-16-18)20-6-7-21-19-5-8-23-25(3,11-13-28-23)22(19)9-10-24(20,21)2/h6,14-16,19,21-23H,4-5,7-13H2,1-3H3. The van der Waals surface area contributed by atoms with Gasteiger partial charge in [-0.05, 0) is 90.7 Å². The first-order valence-electron chi connectivity index (χ1n) is 11.5. The van der Waals surface area contributed by atoms with Gasteiger partial charge in [-0.15, -0.1) is 0 Å². The summed E-state index contributed by atoms with van der Waals surface area (Å²) in [7, 11) is 0. The van der Waals surface area contributed by atoms with E-state index in [4.69, 9.17) is 9.47 Å². The van der Waals surface area contributed by atoms with Crippen LogP contribution in [0.15, 0.2) is 24.5 Å². The number of fused-ring (bicyclic) bond motifs is 5. The molecule has 152 valence electrons. The number of nitrogens with zero attached hydrogens (tertiary/aromatic N) is 1. The van der Waals surface area contributed by atoms with Gasteiger partial charge in [-0.25, -0.2) is 0 Å². The molecule has 5 rings (SSSR count). The average Bonchev–Trinajstić information content (AvgIpc) is 3.26. The van der Waals surface area contributed by atoms with Crippen molar-refractivity contribution in [3.8, 4) is 5.75 Å². The molecular weight excluding hydrogens is 346 g/mol. The highest BCUT2D eigenvalue weighted by Crippen LogP contribution is 2.66. The molecule has 1 aromatic rings. The highest BCUT2D eigenvalue weighted by Gasteiger charge is 2.59. The Morgan fingerprint density at radius 2 is 2.04 bits per heavy atom. The van der Waals surface area contributed by atoms with E-state index in [1.54, 1.807) is 0 Å². The molecule has 3 aliphatic carbocycles. The zero-order chi connectivity index (χ0) is 19.4. The van der Waals surface area contributed by atoms with Crippen molar-refractivity contribution >= 4 is 5.57 Å². The minimum absolute atomic E-state index is 0.287. The maximum atomic E-state index is 6.15. The summed E-state index contributed by atoms with van der Waals surface area (Å²) in [6.45, 7) is 8.95. The van der Waals surface area contributed by atoms with Crippen molar-refractivity contribution in [2.75, 3.05) is 13.2 Å². The van der Waals surface area contributed by atoms with Crippen LogP contribution >= 0.6 is 0 Å². The monoisotopic (exact) mass is 381 g/mol. The maximum Gasteiger partial charge on any atom is 0.138 e. The number of rotatable bonds is 4. The van der Waals surface area contributed by atoms with E-state index in [1.165, 1.54) is 49.7 Å². The molecule has 3 nitrogen and oxygen atoms in total. The Labute approximate surface area is 169 Å². The van der Waals surface area contributed by atoms with E-state index in [1.807, 2.05) is 12.4 Å². The summed E-state index contributed by atoms with van der Waals surface area (Å²) in [6.07, 6.45) is 15.7. The lowest BCUT2D eigenvalue weighted by atomic mass is 9.48. The van der Waals surface area contributed by atoms with Gasteiger partial charge in [-0.3, -0.25) is 4.98 Å². The van der Waals surface area contributed by atoms with Crippen molar-refractivity contribution in [3.63, 3.8) is 0 Å². The topological polar surface area (TPSA) is 31.4 Å². The Morgan fingerprint density at radius 1 is 1.14 bits per heavy atom. The Bertz CT molecular complexity index is 774. The van der Waals surface area contributed by atoms with Gasteiger partial charge in [-0.1, -0.05) is 26.8 Å². The lowest BCUT2D eigenvalue weighted by Crippen LogP contribution is -2.51. The molecule has 1 aliphatic heterocycles. The minimum Gasteiger partial charge on any atom is -0.492 e. The average molecular weight is 382 g/mol. The van der Waals surface area contributed by atoms with Crippen LogP contribution in [0.4, 0.5) is 0 Å². The van der Waals surface area contributed by atoms with E-state index in [9.17, 15) is 0 Å². The number of pyridine rings is 1. The van der Waals surface area contributed by atoms with Crippen LogP contribution in [0.3, 0.4) is 0 Å². The Kier molecular flexibility index (Phi) is 4.58. The molecule has 6 unspecified atom stereocenters. The van der Waals surface area contributed by atoms with Gasteiger partial charge >= 0.3 is 0 Å². The second kappa shape index (κ2) is 6.86. The van der Waals surface area contributed by atoms with Crippen LogP contribution in [0.1, 0.15) is 71.3 Å². The zero-order valence-electron chi connectivity index (χ0n) is 17.7. The second-order valence-corrected chi connectivity index (χ2v) is 10.1. The SMILES string of the molecule is CCCOc1cncc(C2=CCC3C4CCC5OCCC5(C)C4CCC23C)c1. The minimum atomic E-state index is 0.287. The summed E-state index contributed by atoms with van der Waals surface area (Å²) < 4.78 is 12.0. The van der Waals surface area contributed by atoms with Gasteiger partial charge in [0.05, 0.1) is 18.9 Å². The number of aromatic nitrogens is 1. The molecule has 2 saturated carbocycles. The lowest BCUT2D eigenvalue weighted by Gasteiger charge is -2.56. The molecule has 1 aromatic heterocycles. The zero-order valence-corrected chi connectivity index (χ0v) is 17.7. The molecular formula is C25H35NO2. The lowest BCUT2D eigenvalue weighted by molar-refractivity contribution is -0.0889. The van der Waals surface area contributed by atoms with Crippen molar-refractivity contribution in [2.24, 2.45) is 28.6 Å². The molecule has 3 fully saturated rings. The molecule has 4 aliphatic rings. The number of ether oxygens (including phenoxy) is 2. The highest BCUT2D eigenvalue weighted by molar-refractivity contribution is 5.73. The molecule has 0 N–H and O–H groups in total. The van der Waals surface area contributed by atoms with Crippen LogP contribution in [0.25, 0.3) is 5.57 Å². The van der Waals surface area contributed by atoms with E-state index in [0.29, 0.717) is 11.5 Å². The van der Waals surface area contributed by atoms with E-state index in [0.717, 1.165) is 43.1 Å². The third-order valence-electron chi connectivity index (χ3n) is 8.82. The molecule has 3 heteroatoms. The summed E-state index contributed by atoms with van der Waals surface area (Å²) in [5.74, 6) is 3.39. The van der Waals surface area contributed by atoms with Crippen molar-refractivity contribution in [1.82, 2.24) is 4.98 Å². The highest BCUT2D eigenvalue weighted by atomic mass is 16.5. The van der Waals surface area contributed by atoms with Crippen LogP contribution in [0.2, 0.25) is 0 Å². The first-order chi connectivity index (χ1) is 13.6. The van der Waals surface area contributed by atoms with Gasteiger partial charge in [0, 0.05) is 12.8 Å². The largest absolute Gasteiger partial charge is 0.492 e. The third kappa shape index (κ3) is 2.69. The van der Waals surface area contributed by atoms with Crippen LogP contribution < -0.4 is 4.74 Å². The van der Waals surface area contributed by atoms with Gasteiger partial charge in [0.25, 0.3) is 0 Å². The maximum absolute atomic E-state index is 6.15. The molecule has 0 aromatic carbocycles. The Hall–Kier alpha value is -1.35. The van der Waals surface area contributed by atoms with E-state index in [-0.39, 0.29) is 5.41 Å². The van der Waals surface area contributed by atoms with Crippen molar-refractivity contribution in [3.05, 3.63) is 30.1 Å². The van der Waals surface area contributed by atoms with Crippen LogP contribution in [0.5, 0.6) is 5.75 Å². The van der Waals surface area contributed by atoms with Gasteiger partial charge in [0.15, 0.2) is 0 Å². The fourth-order valence-corrected chi connectivity index (χ4v) is 7.34. The smallest absolute Gasteiger partial charge is 0.138 e. The molecule has 0 radical (unpaired) electrons. The third-order valence-corrected chi connectivity index (χ3v) is 8.82.